The highest BCUT2D eigenvalue weighted by Crippen LogP contribution is 2.25. The molecule has 0 amide bonds. The third kappa shape index (κ3) is 3.38. The number of allylic oxidation sites excluding steroid dienone is 6. The number of oxazole rings is 1. The van der Waals surface area contributed by atoms with Gasteiger partial charge in [-0.25, -0.2) is 4.98 Å². The first-order valence-corrected chi connectivity index (χ1v) is 7.85. The predicted molar refractivity (Wildman–Crippen MR) is 93.0 cm³/mol. The van der Waals surface area contributed by atoms with Crippen molar-refractivity contribution in [3.63, 3.8) is 0 Å². The van der Waals surface area contributed by atoms with Crippen LogP contribution in [0.3, 0.4) is 0 Å². The van der Waals surface area contributed by atoms with Gasteiger partial charge in [-0.05, 0) is 43.0 Å². The highest BCUT2D eigenvalue weighted by Gasteiger charge is 2.16. The lowest BCUT2D eigenvalue weighted by Crippen LogP contribution is -1.98. The molecule has 3 rings (SSSR count). The van der Waals surface area contributed by atoms with Crippen molar-refractivity contribution >= 4 is 11.9 Å². The van der Waals surface area contributed by atoms with Crippen LogP contribution in [0.4, 0.5) is 0 Å². The summed E-state index contributed by atoms with van der Waals surface area (Å²) in [6.45, 7) is 4.23. The fraction of sp³-hybridized carbons (Fsp3) is 0.200. The Morgan fingerprint density at radius 2 is 2.12 bits per heavy atom. The number of benzene rings is 1. The number of rotatable bonds is 5. The van der Waals surface area contributed by atoms with Gasteiger partial charge in [-0.3, -0.25) is 4.79 Å². The topological polar surface area (TPSA) is 52.3 Å². The molecule has 0 radical (unpaired) electrons. The second-order valence-electron chi connectivity index (χ2n) is 5.63. The van der Waals surface area contributed by atoms with E-state index in [0.717, 1.165) is 22.4 Å². The van der Waals surface area contributed by atoms with Gasteiger partial charge in [0.25, 0.3) is 0 Å². The summed E-state index contributed by atoms with van der Waals surface area (Å²) in [5, 5.41) is 0. The maximum atomic E-state index is 11.3. The van der Waals surface area contributed by atoms with Gasteiger partial charge in [-0.15, -0.1) is 0 Å². The van der Waals surface area contributed by atoms with Gasteiger partial charge in [0, 0.05) is 0 Å². The van der Waals surface area contributed by atoms with E-state index in [2.05, 4.69) is 4.98 Å². The molecule has 0 bridgehead atoms. The molecule has 1 aliphatic rings. The number of carbonyl (C=O) groups excluding carboxylic acids is 1. The van der Waals surface area contributed by atoms with Gasteiger partial charge < -0.3 is 9.15 Å². The fourth-order valence-corrected chi connectivity index (χ4v) is 2.52. The molecule has 0 saturated heterocycles. The molecule has 24 heavy (non-hydrogen) atoms. The Balaban J connectivity index is 1.81. The Bertz CT molecular complexity index is 841. The fourth-order valence-electron chi connectivity index (χ4n) is 2.52. The van der Waals surface area contributed by atoms with Crippen LogP contribution in [-0.4, -0.2) is 11.3 Å². The number of carbonyl (C=O) groups is 1. The van der Waals surface area contributed by atoms with Crippen molar-refractivity contribution in [2.45, 2.75) is 26.9 Å². The van der Waals surface area contributed by atoms with Gasteiger partial charge in [-0.2, -0.15) is 0 Å². The molecule has 0 unspecified atom stereocenters. The summed E-state index contributed by atoms with van der Waals surface area (Å²) >= 11 is 0. The number of hydrogen-bond acceptors (Lipinski definition) is 4. The molecule has 0 saturated carbocycles. The van der Waals surface area contributed by atoms with E-state index in [1.54, 1.807) is 0 Å². The summed E-state index contributed by atoms with van der Waals surface area (Å²) in [4.78, 5) is 15.8. The second kappa shape index (κ2) is 7.13. The second-order valence-corrected chi connectivity index (χ2v) is 5.63. The first-order chi connectivity index (χ1) is 11.7. The summed E-state index contributed by atoms with van der Waals surface area (Å²) in [6.07, 6.45) is 11.2. The minimum Gasteiger partial charge on any atom is -0.484 e. The Labute approximate surface area is 141 Å². The van der Waals surface area contributed by atoms with Crippen molar-refractivity contribution in [3.8, 4) is 5.75 Å². The van der Waals surface area contributed by atoms with E-state index in [0.29, 0.717) is 24.3 Å². The molecule has 0 fully saturated rings. The number of aromatic nitrogens is 1. The summed E-state index contributed by atoms with van der Waals surface area (Å²) < 4.78 is 11.4. The van der Waals surface area contributed by atoms with Crippen LogP contribution in [0.1, 0.15) is 39.7 Å². The van der Waals surface area contributed by atoms with E-state index in [1.807, 2.05) is 62.4 Å². The zero-order valence-electron chi connectivity index (χ0n) is 13.8. The number of ether oxygens (including phenoxy) is 1. The predicted octanol–water partition coefficient (Wildman–Crippen LogP) is 4.58. The highest BCUT2D eigenvalue weighted by molar-refractivity contribution is 5.81. The zero-order chi connectivity index (χ0) is 16.9. The largest absolute Gasteiger partial charge is 0.484 e. The Kier molecular flexibility index (Phi) is 4.75. The van der Waals surface area contributed by atoms with Crippen LogP contribution in [0, 0.1) is 13.8 Å². The molecule has 4 heteroatoms. The van der Waals surface area contributed by atoms with Gasteiger partial charge >= 0.3 is 0 Å². The smallest absolute Gasteiger partial charge is 0.233 e. The van der Waals surface area contributed by atoms with Gasteiger partial charge in [-0.1, -0.05) is 42.5 Å². The third-order valence-corrected chi connectivity index (χ3v) is 4.01. The van der Waals surface area contributed by atoms with Crippen molar-refractivity contribution in [1.82, 2.24) is 4.98 Å². The molecule has 0 spiro atoms. The van der Waals surface area contributed by atoms with Crippen LogP contribution in [0.2, 0.25) is 0 Å². The lowest BCUT2D eigenvalue weighted by molar-refractivity contribution is 0.109. The normalized spacial score (nSPS) is 13.5. The maximum Gasteiger partial charge on any atom is 0.233 e. The molecule has 2 aromatic rings. The molecule has 4 nitrogen and oxygen atoms in total. The average molecular weight is 321 g/mol. The zero-order valence-corrected chi connectivity index (χ0v) is 13.8. The van der Waals surface area contributed by atoms with Crippen molar-refractivity contribution in [2.75, 3.05) is 0 Å². The molecule has 0 aliphatic heterocycles. The van der Waals surface area contributed by atoms with Crippen LogP contribution in [0.5, 0.6) is 5.75 Å². The number of aryl methyl sites for hydroxylation is 1. The van der Waals surface area contributed by atoms with Crippen LogP contribution >= 0.6 is 0 Å². The SMILES string of the molecule is Cc1cccc(OCc2nc(C3=CC=CC=CC3)c(C=O)o2)c1C. The standard InChI is InChI=1S/C20H19NO3/c1-14-8-7-11-17(15(14)2)23-13-19-21-20(18(12-22)24-19)16-9-5-3-4-6-10-16/h3-9,11-12H,10,13H2,1-2H3. The van der Waals surface area contributed by atoms with Crippen molar-refractivity contribution < 1.29 is 13.9 Å². The monoisotopic (exact) mass is 321 g/mol. The van der Waals surface area contributed by atoms with E-state index in [4.69, 9.17) is 9.15 Å². The third-order valence-electron chi connectivity index (χ3n) is 4.01. The molecule has 122 valence electrons. The molecule has 1 aromatic carbocycles. The van der Waals surface area contributed by atoms with Crippen molar-refractivity contribution in [1.29, 1.82) is 0 Å². The lowest BCUT2D eigenvalue weighted by atomic mass is 10.1. The Hall–Kier alpha value is -2.88. The molecule has 1 heterocycles. The number of aldehydes is 1. The number of nitrogens with zero attached hydrogens (tertiary/aromatic N) is 1. The molecule has 1 aliphatic carbocycles. The van der Waals surface area contributed by atoms with E-state index >= 15 is 0 Å². The van der Waals surface area contributed by atoms with E-state index < -0.39 is 0 Å². The van der Waals surface area contributed by atoms with E-state index in [9.17, 15) is 4.79 Å². The van der Waals surface area contributed by atoms with Gasteiger partial charge in [0.1, 0.15) is 11.4 Å². The first kappa shape index (κ1) is 16.0. The first-order valence-electron chi connectivity index (χ1n) is 7.85. The van der Waals surface area contributed by atoms with E-state index in [1.165, 1.54) is 0 Å². The molecular weight excluding hydrogens is 302 g/mol. The Morgan fingerprint density at radius 1 is 1.25 bits per heavy atom. The minimum atomic E-state index is 0.185. The van der Waals surface area contributed by atoms with Crippen LogP contribution in [-0.2, 0) is 6.61 Å². The van der Waals surface area contributed by atoms with Crippen LogP contribution < -0.4 is 4.74 Å². The summed E-state index contributed by atoms with van der Waals surface area (Å²) in [5.74, 6) is 1.43. The van der Waals surface area contributed by atoms with Gasteiger partial charge in [0.2, 0.25) is 5.89 Å². The number of hydrogen-bond donors (Lipinski definition) is 0. The molecule has 0 atom stereocenters. The summed E-state index contributed by atoms with van der Waals surface area (Å²) in [6, 6.07) is 5.90. The molecular formula is C20H19NO3. The van der Waals surface area contributed by atoms with Gasteiger partial charge in [0.05, 0.1) is 0 Å². The highest BCUT2D eigenvalue weighted by atomic mass is 16.5. The lowest BCUT2D eigenvalue weighted by Gasteiger charge is -2.08. The molecule has 0 N–H and O–H groups in total. The summed E-state index contributed by atoms with van der Waals surface area (Å²) in [7, 11) is 0. The summed E-state index contributed by atoms with van der Waals surface area (Å²) in [5.41, 5.74) is 3.78. The molecule has 1 aromatic heterocycles. The Morgan fingerprint density at radius 3 is 2.96 bits per heavy atom. The van der Waals surface area contributed by atoms with Crippen molar-refractivity contribution in [2.24, 2.45) is 0 Å². The van der Waals surface area contributed by atoms with E-state index in [-0.39, 0.29) is 12.4 Å². The maximum absolute atomic E-state index is 11.3. The van der Waals surface area contributed by atoms with Crippen LogP contribution in [0.25, 0.3) is 5.57 Å². The van der Waals surface area contributed by atoms with Crippen LogP contribution in [0.15, 0.2) is 53.0 Å². The van der Waals surface area contributed by atoms with Gasteiger partial charge in [0.15, 0.2) is 18.7 Å². The van der Waals surface area contributed by atoms with Crippen molar-refractivity contribution in [3.05, 3.63) is 77.1 Å². The average Bonchev–Trinajstić information content (AvgIpc) is 2.81. The minimum absolute atomic E-state index is 0.185. The quantitative estimate of drug-likeness (QED) is 0.756.